The maximum atomic E-state index is 13.8. The molecule has 1 unspecified atom stereocenters. The van der Waals surface area contributed by atoms with Crippen molar-refractivity contribution >= 4 is 29.1 Å². The van der Waals surface area contributed by atoms with Gasteiger partial charge in [-0.05, 0) is 31.2 Å². The van der Waals surface area contributed by atoms with Gasteiger partial charge in [0, 0.05) is 18.2 Å². The zero-order chi connectivity index (χ0) is 24.6. The van der Waals surface area contributed by atoms with E-state index in [2.05, 4.69) is 5.32 Å². The lowest BCUT2D eigenvalue weighted by atomic mass is 9.70. The first kappa shape index (κ1) is 23.0. The molecule has 3 amide bonds. The van der Waals surface area contributed by atoms with Gasteiger partial charge in [0.1, 0.15) is 0 Å². The molecule has 7 nitrogen and oxygen atoms in total. The Labute approximate surface area is 205 Å². The van der Waals surface area contributed by atoms with Crippen LogP contribution in [0, 0.1) is 17.3 Å². The van der Waals surface area contributed by atoms with Gasteiger partial charge in [0.15, 0.2) is 0 Å². The largest absolute Gasteiger partial charge is 0.369 e. The molecule has 2 aromatic carbocycles. The second kappa shape index (κ2) is 9.13. The van der Waals surface area contributed by atoms with E-state index in [4.69, 9.17) is 10.7 Å². The molecule has 2 atom stereocenters. The SMILES string of the molecule is CN1C(=O)C(NC(=O)[C@H](CC2CC2)C2(C(N)=O)CC=CC2)N=C(c2ccccc2)c2ccccc21. The second-order valence-corrected chi connectivity index (χ2v) is 9.80. The summed E-state index contributed by atoms with van der Waals surface area (Å²) in [5.74, 6) is -1.34. The topological polar surface area (TPSA) is 105 Å². The van der Waals surface area contributed by atoms with E-state index in [1.54, 1.807) is 7.05 Å². The van der Waals surface area contributed by atoms with Crippen LogP contribution in [0.2, 0.25) is 0 Å². The molecule has 0 spiro atoms. The number of primary amides is 1. The van der Waals surface area contributed by atoms with Gasteiger partial charge in [-0.25, -0.2) is 4.99 Å². The first-order chi connectivity index (χ1) is 16.9. The van der Waals surface area contributed by atoms with Crippen LogP contribution in [-0.4, -0.2) is 36.6 Å². The van der Waals surface area contributed by atoms with Crippen molar-refractivity contribution in [1.29, 1.82) is 0 Å². The van der Waals surface area contributed by atoms with Gasteiger partial charge in [0.2, 0.25) is 18.0 Å². The third-order valence-electron chi connectivity index (χ3n) is 7.54. The summed E-state index contributed by atoms with van der Waals surface area (Å²) in [6, 6.07) is 17.2. The van der Waals surface area contributed by atoms with E-state index in [-0.39, 0.29) is 11.8 Å². The molecule has 3 N–H and O–H groups in total. The summed E-state index contributed by atoms with van der Waals surface area (Å²) < 4.78 is 0. The zero-order valence-electron chi connectivity index (χ0n) is 19.8. The van der Waals surface area contributed by atoms with Gasteiger partial charge in [0.25, 0.3) is 5.91 Å². The summed E-state index contributed by atoms with van der Waals surface area (Å²) in [6.45, 7) is 0. The minimum atomic E-state index is -1.11. The molecule has 1 fully saturated rings. The maximum absolute atomic E-state index is 13.8. The predicted molar refractivity (Wildman–Crippen MR) is 135 cm³/mol. The summed E-state index contributed by atoms with van der Waals surface area (Å²) in [6.07, 6.45) is 6.28. The standard InChI is InChI=1S/C28H30N4O3/c1-32-22-12-6-5-11-20(22)23(19-9-3-2-4-10-19)30-24(26(32)34)31-25(33)21(17-18-13-14-18)28(27(29)35)15-7-8-16-28/h2-12,18,21,24H,13-17H2,1H3,(H2,29,35)(H,31,33)/t21-,24?/m0/s1. The quantitative estimate of drug-likeness (QED) is 0.607. The normalized spacial score (nSPS) is 21.6. The van der Waals surface area contributed by atoms with E-state index >= 15 is 0 Å². The van der Waals surface area contributed by atoms with Gasteiger partial charge in [-0.1, -0.05) is 73.5 Å². The van der Waals surface area contributed by atoms with Crippen molar-refractivity contribution in [2.45, 2.75) is 38.3 Å². The van der Waals surface area contributed by atoms with Gasteiger partial charge in [-0.3, -0.25) is 14.4 Å². The van der Waals surface area contributed by atoms with Crippen LogP contribution in [0.3, 0.4) is 0 Å². The van der Waals surface area contributed by atoms with Gasteiger partial charge in [0.05, 0.1) is 22.7 Å². The van der Waals surface area contributed by atoms with Crippen LogP contribution in [0.4, 0.5) is 5.69 Å². The Morgan fingerprint density at radius 2 is 1.74 bits per heavy atom. The summed E-state index contributed by atoms with van der Waals surface area (Å²) in [5.41, 5.74) is 7.94. The third kappa shape index (κ3) is 4.27. The number of benzodiazepines with no additional fused rings is 1. The molecule has 0 radical (unpaired) electrons. The summed E-state index contributed by atoms with van der Waals surface area (Å²) in [4.78, 5) is 46.2. The van der Waals surface area contributed by atoms with Crippen LogP contribution in [0.15, 0.2) is 71.7 Å². The number of para-hydroxylation sites is 1. The molecule has 7 heteroatoms. The Hall–Kier alpha value is -3.74. The molecule has 3 aliphatic rings. The van der Waals surface area contributed by atoms with E-state index in [0.29, 0.717) is 30.9 Å². The average molecular weight is 471 g/mol. The van der Waals surface area contributed by atoms with E-state index in [0.717, 1.165) is 29.7 Å². The molecule has 1 saturated carbocycles. The smallest absolute Gasteiger partial charge is 0.272 e. The molecular formula is C28H30N4O3. The summed E-state index contributed by atoms with van der Waals surface area (Å²) in [5, 5.41) is 2.91. The third-order valence-corrected chi connectivity index (χ3v) is 7.54. The van der Waals surface area contributed by atoms with Crippen molar-refractivity contribution in [1.82, 2.24) is 5.32 Å². The number of amides is 3. The molecule has 35 heavy (non-hydrogen) atoms. The molecular weight excluding hydrogens is 440 g/mol. The van der Waals surface area contributed by atoms with Crippen molar-refractivity contribution in [3.8, 4) is 0 Å². The van der Waals surface area contributed by atoms with E-state index < -0.39 is 23.4 Å². The minimum absolute atomic E-state index is 0.334. The number of nitrogens with one attached hydrogen (secondary N) is 1. The second-order valence-electron chi connectivity index (χ2n) is 9.80. The molecule has 1 heterocycles. The molecule has 1 aliphatic heterocycles. The molecule has 2 aliphatic carbocycles. The highest BCUT2D eigenvalue weighted by Gasteiger charge is 2.50. The highest BCUT2D eigenvalue weighted by atomic mass is 16.2. The lowest BCUT2D eigenvalue weighted by Crippen LogP contribution is -2.53. The average Bonchev–Trinajstić information content (AvgIpc) is 3.58. The number of carbonyl (C=O) groups excluding carboxylic acids is 3. The number of nitrogens with two attached hydrogens (primary N) is 1. The van der Waals surface area contributed by atoms with E-state index in [1.165, 1.54) is 4.90 Å². The van der Waals surface area contributed by atoms with Crippen LogP contribution in [-0.2, 0) is 14.4 Å². The Balaban J connectivity index is 1.52. The van der Waals surface area contributed by atoms with Crippen molar-refractivity contribution in [3.05, 3.63) is 77.9 Å². The lowest BCUT2D eigenvalue weighted by Gasteiger charge is -2.34. The number of aliphatic imine (C=N–C) groups is 1. The van der Waals surface area contributed by atoms with Crippen LogP contribution in [0.25, 0.3) is 0 Å². The number of carbonyl (C=O) groups is 3. The molecule has 2 aromatic rings. The van der Waals surface area contributed by atoms with Crippen molar-refractivity contribution < 1.29 is 14.4 Å². The minimum Gasteiger partial charge on any atom is -0.369 e. The van der Waals surface area contributed by atoms with Gasteiger partial charge < -0.3 is 16.0 Å². The molecule has 0 bridgehead atoms. The Morgan fingerprint density at radius 1 is 1.09 bits per heavy atom. The highest BCUT2D eigenvalue weighted by molar-refractivity contribution is 6.20. The number of benzene rings is 2. The lowest BCUT2D eigenvalue weighted by molar-refractivity contribution is -0.141. The van der Waals surface area contributed by atoms with Crippen LogP contribution in [0.5, 0.6) is 0 Å². The van der Waals surface area contributed by atoms with Gasteiger partial charge in [-0.2, -0.15) is 0 Å². The number of hydrogen-bond donors (Lipinski definition) is 2. The van der Waals surface area contributed by atoms with Crippen LogP contribution < -0.4 is 16.0 Å². The molecule has 5 rings (SSSR count). The Bertz CT molecular complexity index is 1210. The number of allylic oxidation sites excluding steroid dienone is 2. The number of anilines is 1. The first-order valence-electron chi connectivity index (χ1n) is 12.2. The van der Waals surface area contributed by atoms with Gasteiger partial charge >= 0.3 is 0 Å². The molecule has 0 saturated heterocycles. The zero-order valence-corrected chi connectivity index (χ0v) is 19.8. The van der Waals surface area contributed by atoms with E-state index in [9.17, 15) is 14.4 Å². The molecule has 0 aromatic heterocycles. The summed E-state index contributed by atoms with van der Waals surface area (Å²) in [7, 11) is 1.69. The number of nitrogens with zero attached hydrogens (tertiary/aromatic N) is 2. The van der Waals surface area contributed by atoms with Gasteiger partial charge in [-0.15, -0.1) is 0 Å². The monoisotopic (exact) mass is 470 g/mol. The predicted octanol–water partition coefficient (Wildman–Crippen LogP) is 3.18. The number of hydrogen-bond acceptors (Lipinski definition) is 4. The van der Waals surface area contributed by atoms with Crippen LogP contribution >= 0.6 is 0 Å². The Morgan fingerprint density at radius 3 is 2.40 bits per heavy atom. The van der Waals surface area contributed by atoms with Crippen LogP contribution in [0.1, 0.15) is 43.2 Å². The fourth-order valence-corrected chi connectivity index (χ4v) is 5.28. The maximum Gasteiger partial charge on any atom is 0.272 e. The first-order valence-corrected chi connectivity index (χ1v) is 12.2. The number of fused-ring (bicyclic) bond motifs is 1. The highest BCUT2D eigenvalue weighted by Crippen LogP contribution is 2.47. The van der Waals surface area contributed by atoms with Crippen molar-refractivity contribution in [2.24, 2.45) is 28.0 Å². The fraction of sp³-hybridized carbons (Fsp3) is 0.357. The van der Waals surface area contributed by atoms with E-state index in [1.807, 2.05) is 66.7 Å². The number of likely N-dealkylation sites (N-methyl/N-ethyl adjacent to an activating group) is 1. The Kier molecular flexibility index (Phi) is 6.01. The van der Waals surface area contributed by atoms with Crippen molar-refractivity contribution in [2.75, 3.05) is 11.9 Å². The summed E-state index contributed by atoms with van der Waals surface area (Å²) >= 11 is 0. The fourth-order valence-electron chi connectivity index (χ4n) is 5.28. The number of rotatable bonds is 7. The van der Waals surface area contributed by atoms with Crippen molar-refractivity contribution in [3.63, 3.8) is 0 Å². The molecule has 180 valence electrons.